The number of unbranched alkanes of at least 4 members (excludes halogenated alkanes) is 1. The summed E-state index contributed by atoms with van der Waals surface area (Å²) in [5.41, 5.74) is 1.20. The summed E-state index contributed by atoms with van der Waals surface area (Å²) in [5, 5.41) is 0. The molecule has 0 aliphatic rings. The molecule has 0 radical (unpaired) electrons. The molecule has 0 unspecified atom stereocenters. The second-order valence-electron chi connectivity index (χ2n) is 3.00. The average molecular weight is 168 g/mol. The molecule has 2 nitrogen and oxygen atoms in total. The van der Waals surface area contributed by atoms with Gasteiger partial charge in [0.1, 0.15) is 12.1 Å². The molecular formula is C10H16O2. The van der Waals surface area contributed by atoms with Crippen LogP contribution >= 0.6 is 0 Å². The van der Waals surface area contributed by atoms with Crippen molar-refractivity contribution in [3.63, 3.8) is 0 Å². The number of hydrogen-bond donors (Lipinski definition) is 0. The summed E-state index contributed by atoms with van der Waals surface area (Å²) in [6, 6.07) is 0. The van der Waals surface area contributed by atoms with E-state index < -0.39 is 0 Å². The summed E-state index contributed by atoms with van der Waals surface area (Å²) in [7, 11) is 0. The minimum absolute atomic E-state index is 0.220. The molecule has 0 rings (SSSR count). The van der Waals surface area contributed by atoms with Crippen LogP contribution in [0.25, 0.3) is 0 Å². The summed E-state index contributed by atoms with van der Waals surface area (Å²) in [6.45, 7) is 3.59. The van der Waals surface area contributed by atoms with Crippen molar-refractivity contribution in [2.24, 2.45) is 0 Å². The van der Waals surface area contributed by atoms with E-state index in [9.17, 15) is 9.59 Å². The lowest BCUT2D eigenvalue weighted by atomic mass is 10.1. The van der Waals surface area contributed by atoms with Crippen molar-refractivity contribution in [2.75, 3.05) is 0 Å². The highest BCUT2D eigenvalue weighted by Gasteiger charge is 1.94. The smallest absolute Gasteiger partial charge is 0.130 e. The largest absolute Gasteiger partial charge is 0.303 e. The van der Waals surface area contributed by atoms with Crippen LogP contribution in [0.1, 0.15) is 39.5 Å². The topological polar surface area (TPSA) is 34.1 Å². The number of allylic oxidation sites excluding steroid dienone is 2. The lowest BCUT2D eigenvalue weighted by Crippen LogP contribution is -1.89. The average Bonchev–Trinajstić information content (AvgIpc) is 2.01. The van der Waals surface area contributed by atoms with E-state index in [4.69, 9.17) is 0 Å². The summed E-state index contributed by atoms with van der Waals surface area (Å²) in [4.78, 5) is 20.6. The van der Waals surface area contributed by atoms with E-state index in [1.807, 2.05) is 13.0 Å². The van der Waals surface area contributed by atoms with Crippen LogP contribution in [0.3, 0.4) is 0 Å². The maximum absolute atomic E-state index is 10.6. The third-order valence-corrected chi connectivity index (χ3v) is 1.65. The fourth-order valence-corrected chi connectivity index (χ4v) is 0.873. The van der Waals surface area contributed by atoms with Gasteiger partial charge >= 0.3 is 0 Å². The number of Topliss-reactive ketones (excluding diaryl/α,β-unsaturated/α-hetero) is 1. The van der Waals surface area contributed by atoms with E-state index in [1.54, 1.807) is 6.92 Å². The molecular weight excluding hydrogens is 152 g/mol. The molecule has 0 saturated carbocycles. The minimum Gasteiger partial charge on any atom is -0.303 e. The minimum atomic E-state index is 0.220. The molecule has 0 aliphatic heterocycles. The van der Waals surface area contributed by atoms with Gasteiger partial charge in [-0.05, 0) is 26.7 Å². The van der Waals surface area contributed by atoms with Crippen LogP contribution in [0, 0.1) is 0 Å². The van der Waals surface area contributed by atoms with Crippen LogP contribution in [0.5, 0.6) is 0 Å². The van der Waals surface area contributed by atoms with Crippen LogP contribution < -0.4 is 0 Å². The Morgan fingerprint density at radius 3 is 2.33 bits per heavy atom. The summed E-state index contributed by atoms with van der Waals surface area (Å²) < 4.78 is 0. The van der Waals surface area contributed by atoms with Crippen molar-refractivity contribution < 1.29 is 9.59 Å². The molecule has 12 heavy (non-hydrogen) atoms. The molecule has 68 valence electrons. The Balaban J connectivity index is 3.55. The van der Waals surface area contributed by atoms with Gasteiger partial charge in [-0.2, -0.15) is 0 Å². The van der Waals surface area contributed by atoms with Gasteiger partial charge in [0.05, 0.1) is 0 Å². The lowest BCUT2D eigenvalue weighted by Gasteiger charge is -1.97. The fraction of sp³-hybridized carbons (Fsp3) is 0.600. The van der Waals surface area contributed by atoms with Gasteiger partial charge in [0.25, 0.3) is 0 Å². The molecule has 0 N–H and O–H groups in total. The zero-order chi connectivity index (χ0) is 9.40. The SMILES string of the molecule is CC(=O)CCC(C)=CCCC=O. The normalized spacial score (nSPS) is 11.3. The quantitative estimate of drug-likeness (QED) is 0.346. The predicted molar refractivity (Wildman–Crippen MR) is 49.0 cm³/mol. The molecule has 0 spiro atoms. The van der Waals surface area contributed by atoms with Gasteiger partial charge < -0.3 is 9.59 Å². The molecule has 0 amide bonds. The standard InChI is InChI=1S/C10H16O2/c1-9(5-3-4-8-11)6-7-10(2)12/h5,8H,3-4,6-7H2,1-2H3. The number of carbonyl (C=O) groups excluding carboxylic acids is 2. The molecule has 0 aliphatic carbocycles. The Hall–Kier alpha value is -0.920. The highest BCUT2D eigenvalue weighted by atomic mass is 16.1. The highest BCUT2D eigenvalue weighted by molar-refractivity contribution is 5.75. The second kappa shape index (κ2) is 6.77. The molecule has 0 saturated heterocycles. The Morgan fingerprint density at radius 1 is 1.17 bits per heavy atom. The molecule has 0 aromatic heterocycles. The van der Waals surface area contributed by atoms with Crippen LogP contribution in [0.4, 0.5) is 0 Å². The Labute approximate surface area is 73.7 Å². The Morgan fingerprint density at radius 2 is 1.83 bits per heavy atom. The predicted octanol–water partition coefficient (Wildman–Crippen LogP) is 2.28. The first kappa shape index (κ1) is 11.1. The van der Waals surface area contributed by atoms with E-state index in [1.165, 1.54) is 5.57 Å². The molecule has 2 heteroatoms. The van der Waals surface area contributed by atoms with Crippen LogP contribution in [0.2, 0.25) is 0 Å². The molecule has 0 bridgehead atoms. The maximum atomic E-state index is 10.6. The van der Waals surface area contributed by atoms with Crippen molar-refractivity contribution in [2.45, 2.75) is 39.5 Å². The third-order valence-electron chi connectivity index (χ3n) is 1.65. The zero-order valence-corrected chi connectivity index (χ0v) is 7.80. The zero-order valence-electron chi connectivity index (χ0n) is 7.80. The van der Waals surface area contributed by atoms with E-state index in [-0.39, 0.29) is 5.78 Å². The van der Waals surface area contributed by atoms with E-state index in [2.05, 4.69) is 0 Å². The molecule has 0 fully saturated rings. The van der Waals surface area contributed by atoms with Crippen molar-refractivity contribution >= 4 is 12.1 Å². The second-order valence-corrected chi connectivity index (χ2v) is 3.00. The number of carbonyl (C=O) groups is 2. The number of aldehydes is 1. The fourth-order valence-electron chi connectivity index (χ4n) is 0.873. The van der Waals surface area contributed by atoms with Gasteiger partial charge in [0.2, 0.25) is 0 Å². The van der Waals surface area contributed by atoms with Gasteiger partial charge in [0.15, 0.2) is 0 Å². The van der Waals surface area contributed by atoms with Crippen molar-refractivity contribution in [3.8, 4) is 0 Å². The van der Waals surface area contributed by atoms with Gasteiger partial charge in [-0.15, -0.1) is 0 Å². The van der Waals surface area contributed by atoms with E-state index in [0.717, 1.165) is 19.1 Å². The number of ketones is 1. The third kappa shape index (κ3) is 7.19. The summed E-state index contributed by atoms with van der Waals surface area (Å²) >= 11 is 0. The number of rotatable bonds is 6. The summed E-state index contributed by atoms with van der Waals surface area (Å²) in [6.07, 6.45) is 5.76. The van der Waals surface area contributed by atoms with Crippen molar-refractivity contribution in [1.82, 2.24) is 0 Å². The first-order chi connectivity index (χ1) is 5.66. The number of hydrogen-bond acceptors (Lipinski definition) is 2. The Bertz CT molecular complexity index is 180. The first-order valence-electron chi connectivity index (χ1n) is 4.25. The van der Waals surface area contributed by atoms with Crippen LogP contribution in [-0.4, -0.2) is 12.1 Å². The lowest BCUT2D eigenvalue weighted by molar-refractivity contribution is -0.117. The monoisotopic (exact) mass is 168 g/mol. The van der Waals surface area contributed by atoms with Gasteiger partial charge in [-0.3, -0.25) is 0 Å². The first-order valence-corrected chi connectivity index (χ1v) is 4.25. The van der Waals surface area contributed by atoms with Gasteiger partial charge in [0, 0.05) is 12.8 Å². The van der Waals surface area contributed by atoms with Gasteiger partial charge in [-0.1, -0.05) is 11.6 Å². The maximum Gasteiger partial charge on any atom is 0.130 e. The molecule has 0 atom stereocenters. The van der Waals surface area contributed by atoms with E-state index in [0.29, 0.717) is 12.8 Å². The van der Waals surface area contributed by atoms with Crippen LogP contribution in [-0.2, 0) is 9.59 Å². The Kier molecular flexibility index (Phi) is 6.25. The summed E-state index contributed by atoms with van der Waals surface area (Å²) in [5.74, 6) is 0.220. The van der Waals surface area contributed by atoms with Crippen LogP contribution in [0.15, 0.2) is 11.6 Å². The molecule has 0 aromatic rings. The van der Waals surface area contributed by atoms with Crippen molar-refractivity contribution in [3.05, 3.63) is 11.6 Å². The molecule has 0 heterocycles. The molecule has 0 aromatic carbocycles. The highest BCUT2D eigenvalue weighted by Crippen LogP contribution is 2.05. The van der Waals surface area contributed by atoms with Gasteiger partial charge in [-0.25, -0.2) is 0 Å². The van der Waals surface area contributed by atoms with Crippen molar-refractivity contribution in [1.29, 1.82) is 0 Å². The van der Waals surface area contributed by atoms with E-state index >= 15 is 0 Å².